The molecule has 1 aliphatic rings. The number of hydrogen-bond acceptors (Lipinski definition) is 3. The van der Waals surface area contributed by atoms with Crippen molar-refractivity contribution in [1.82, 2.24) is 4.90 Å². The van der Waals surface area contributed by atoms with E-state index < -0.39 is 0 Å². The van der Waals surface area contributed by atoms with Crippen LogP contribution in [0.4, 0.5) is 0 Å². The molecule has 1 rings (SSSR count). The van der Waals surface area contributed by atoms with Crippen LogP contribution < -0.4 is 5.73 Å². The fraction of sp³-hybridized carbons (Fsp3) is 0.917. The maximum atomic E-state index is 12.2. The first-order valence-corrected chi connectivity index (χ1v) is 6.31. The number of hydrogen-bond donors (Lipinski definition) is 1. The molecule has 1 fully saturated rings. The minimum absolute atomic E-state index is 0.153. The summed E-state index contributed by atoms with van der Waals surface area (Å²) in [7, 11) is 0. The molecule has 0 aliphatic carbocycles. The van der Waals surface area contributed by atoms with Crippen LogP contribution in [0.15, 0.2) is 0 Å². The van der Waals surface area contributed by atoms with Gasteiger partial charge in [0.1, 0.15) is 6.10 Å². The molecule has 0 bridgehead atoms. The van der Waals surface area contributed by atoms with E-state index in [9.17, 15) is 4.79 Å². The summed E-state index contributed by atoms with van der Waals surface area (Å²) >= 11 is 0. The Balaban J connectivity index is 2.51. The Morgan fingerprint density at radius 3 is 2.75 bits per heavy atom. The second-order valence-corrected chi connectivity index (χ2v) is 4.52. The number of carbonyl (C=O) groups excluding carboxylic acids is 1. The van der Waals surface area contributed by atoms with E-state index in [1.165, 1.54) is 0 Å². The van der Waals surface area contributed by atoms with Gasteiger partial charge in [0.25, 0.3) is 5.91 Å². The van der Waals surface area contributed by atoms with Crippen LogP contribution in [0.5, 0.6) is 0 Å². The van der Waals surface area contributed by atoms with Crippen molar-refractivity contribution in [1.29, 1.82) is 0 Å². The van der Waals surface area contributed by atoms with Gasteiger partial charge in [0, 0.05) is 19.7 Å². The lowest BCUT2D eigenvalue weighted by Gasteiger charge is -2.26. The average Bonchev–Trinajstić information content (AvgIpc) is 2.69. The van der Waals surface area contributed by atoms with E-state index in [-0.39, 0.29) is 12.0 Å². The quantitative estimate of drug-likeness (QED) is 0.738. The van der Waals surface area contributed by atoms with E-state index in [0.29, 0.717) is 19.1 Å². The van der Waals surface area contributed by atoms with Gasteiger partial charge in [-0.05, 0) is 31.7 Å². The number of nitrogens with zero attached hydrogens (tertiary/aromatic N) is 1. The molecule has 0 aromatic carbocycles. The van der Waals surface area contributed by atoms with Crippen molar-refractivity contribution in [3.8, 4) is 0 Å². The monoisotopic (exact) mass is 228 g/mol. The number of carbonyl (C=O) groups is 1. The molecule has 1 amide bonds. The highest BCUT2D eigenvalue weighted by Gasteiger charge is 2.33. The summed E-state index contributed by atoms with van der Waals surface area (Å²) in [4.78, 5) is 14.1. The molecule has 16 heavy (non-hydrogen) atoms. The SMILES string of the molecule is CCCN(CCCN)C(=O)C1OCCC1C. The Labute approximate surface area is 98.1 Å². The Morgan fingerprint density at radius 2 is 2.25 bits per heavy atom. The van der Waals surface area contributed by atoms with Crippen molar-refractivity contribution in [2.45, 2.75) is 39.2 Å². The molecule has 2 N–H and O–H groups in total. The molecule has 0 saturated carbocycles. The lowest BCUT2D eigenvalue weighted by Crippen LogP contribution is -2.42. The van der Waals surface area contributed by atoms with Gasteiger partial charge < -0.3 is 15.4 Å². The fourth-order valence-electron chi connectivity index (χ4n) is 2.08. The second kappa shape index (κ2) is 6.86. The van der Waals surface area contributed by atoms with Crippen LogP contribution in [0.2, 0.25) is 0 Å². The smallest absolute Gasteiger partial charge is 0.251 e. The Kier molecular flexibility index (Phi) is 5.77. The van der Waals surface area contributed by atoms with Crippen molar-refractivity contribution in [2.24, 2.45) is 11.7 Å². The molecular weight excluding hydrogens is 204 g/mol. The van der Waals surface area contributed by atoms with Crippen molar-refractivity contribution >= 4 is 5.91 Å². The summed E-state index contributed by atoms with van der Waals surface area (Å²) in [5, 5.41) is 0. The van der Waals surface area contributed by atoms with Gasteiger partial charge >= 0.3 is 0 Å². The van der Waals surface area contributed by atoms with Crippen molar-refractivity contribution < 1.29 is 9.53 Å². The summed E-state index contributed by atoms with van der Waals surface area (Å²) in [6.45, 7) is 7.09. The first-order chi connectivity index (χ1) is 7.70. The highest BCUT2D eigenvalue weighted by atomic mass is 16.5. The Morgan fingerprint density at radius 1 is 1.50 bits per heavy atom. The molecule has 4 nitrogen and oxygen atoms in total. The molecule has 0 aromatic rings. The molecule has 4 heteroatoms. The van der Waals surface area contributed by atoms with Crippen molar-refractivity contribution in [3.63, 3.8) is 0 Å². The molecule has 2 unspecified atom stereocenters. The lowest BCUT2D eigenvalue weighted by atomic mass is 10.0. The van der Waals surface area contributed by atoms with E-state index >= 15 is 0 Å². The first kappa shape index (κ1) is 13.5. The molecule has 0 aromatic heterocycles. The fourth-order valence-corrected chi connectivity index (χ4v) is 2.08. The number of ether oxygens (including phenoxy) is 1. The molecular formula is C12H24N2O2. The molecule has 2 atom stereocenters. The number of rotatable bonds is 6. The normalized spacial score (nSPS) is 24.7. The zero-order chi connectivity index (χ0) is 12.0. The molecule has 94 valence electrons. The predicted octanol–water partition coefficient (Wildman–Crippen LogP) is 0.999. The van der Waals surface area contributed by atoms with Crippen LogP contribution in [0.3, 0.4) is 0 Å². The van der Waals surface area contributed by atoms with Crippen LogP contribution >= 0.6 is 0 Å². The third kappa shape index (κ3) is 3.46. The lowest BCUT2D eigenvalue weighted by molar-refractivity contribution is -0.142. The summed E-state index contributed by atoms with van der Waals surface area (Å²) in [6.07, 6.45) is 2.63. The molecule has 1 heterocycles. The maximum Gasteiger partial charge on any atom is 0.251 e. The van der Waals surface area contributed by atoms with Gasteiger partial charge in [0.15, 0.2) is 0 Å². The van der Waals surface area contributed by atoms with Crippen molar-refractivity contribution in [2.75, 3.05) is 26.2 Å². The van der Waals surface area contributed by atoms with Crippen molar-refractivity contribution in [3.05, 3.63) is 0 Å². The molecule has 0 radical (unpaired) electrons. The third-order valence-electron chi connectivity index (χ3n) is 3.07. The highest BCUT2D eigenvalue weighted by Crippen LogP contribution is 2.22. The van der Waals surface area contributed by atoms with Crippen LogP contribution in [0, 0.1) is 5.92 Å². The third-order valence-corrected chi connectivity index (χ3v) is 3.07. The van der Waals surface area contributed by atoms with Gasteiger partial charge in [-0.2, -0.15) is 0 Å². The van der Waals surface area contributed by atoms with Gasteiger partial charge in [0.2, 0.25) is 0 Å². The van der Waals surface area contributed by atoms with E-state index in [0.717, 1.165) is 32.4 Å². The van der Waals surface area contributed by atoms with Crippen LogP contribution in [-0.2, 0) is 9.53 Å². The van der Waals surface area contributed by atoms with E-state index in [1.807, 2.05) is 4.90 Å². The maximum absolute atomic E-state index is 12.2. The first-order valence-electron chi connectivity index (χ1n) is 6.31. The van der Waals surface area contributed by atoms with Gasteiger partial charge in [-0.1, -0.05) is 13.8 Å². The summed E-state index contributed by atoms with van der Waals surface area (Å²) in [5.74, 6) is 0.505. The van der Waals surface area contributed by atoms with Gasteiger partial charge in [-0.15, -0.1) is 0 Å². The number of nitrogens with two attached hydrogens (primary N) is 1. The Bertz CT molecular complexity index is 221. The highest BCUT2D eigenvalue weighted by molar-refractivity contribution is 5.81. The molecule has 1 aliphatic heterocycles. The molecule has 0 spiro atoms. The standard InChI is InChI=1S/C12H24N2O2/c1-3-7-14(8-4-6-13)12(15)11-10(2)5-9-16-11/h10-11H,3-9,13H2,1-2H3. The van der Waals surface area contributed by atoms with E-state index in [2.05, 4.69) is 13.8 Å². The summed E-state index contributed by atoms with van der Waals surface area (Å²) in [6, 6.07) is 0. The summed E-state index contributed by atoms with van der Waals surface area (Å²) in [5.41, 5.74) is 5.48. The largest absolute Gasteiger partial charge is 0.368 e. The van der Waals surface area contributed by atoms with Crippen LogP contribution in [0.1, 0.15) is 33.1 Å². The average molecular weight is 228 g/mol. The minimum atomic E-state index is -0.218. The van der Waals surface area contributed by atoms with E-state index in [4.69, 9.17) is 10.5 Å². The van der Waals surface area contributed by atoms with Crippen LogP contribution in [0.25, 0.3) is 0 Å². The van der Waals surface area contributed by atoms with Gasteiger partial charge in [-0.25, -0.2) is 0 Å². The van der Waals surface area contributed by atoms with Gasteiger partial charge in [0.05, 0.1) is 0 Å². The topological polar surface area (TPSA) is 55.6 Å². The second-order valence-electron chi connectivity index (χ2n) is 4.52. The minimum Gasteiger partial charge on any atom is -0.368 e. The summed E-state index contributed by atoms with van der Waals surface area (Å²) < 4.78 is 5.51. The van der Waals surface area contributed by atoms with Gasteiger partial charge in [-0.3, -0.25) is 4.79 Å². The number of amides is 1. The Hall–Kier alpha value is -0.610. The molecule has 1 saturated heterocycles. The van der Waals surface area contributed by atoms with E-state index in [1.54, 1.807) is 0 Å². The van der Waals surface area contributed by atoms with Crippen LogP contribution in [-0.4, -0.2) is 43.2 Å². The predicted molar refractivity (Wildman–Crippen MR) is 64.1 cm³/mol. The zero-order valence-corrected chi connectivity index (χ0v) is 10.4. The zero-order valence-electron chi connectivity index (χ0n) is 10.4.